The van der Waals surface area contributed by atoms with Crippen LogP contribution in [0.2, 0.25) is 0 Å². The van der Waals surface area contributed by atoms with Crippen molar-refractivity contribution in [3.05, 3.63) is 77.9 Å². The number of hydrogen-bond acceptors (Lipinski definition) is 5. The fraction of sp³-hybridized carbons (Fsp3) is 0.0455. The fourth-order valence-corrected chi connectivity index (χ4v) is 3.79. The lowest BCUT2D eigenvalue weighted by molar-refractivity contribution is -0.114. The second-order valence-electron chi connectivity index (χ2n) is 6.26. The summed E-state index contributed by atoms with van der Waals surface area (Å²) in [6.45, 7) is 1.44. The van der Waals surface area contributed by atoms with Crippen molar-refractivity contribution in [2.24, 2.45) is 0 Å². The molecule has 0 fully saturated rings. The van der Waals surface area contributed by atoms with Crippen LogP contribution in [-0.2, 0) is 4.79 Å². The number of anilines is 2. The highest BCUT2D eigenvalue weighted by molar-refractivity contribution is 7.17. The maximum atomic E-state index is 13.1. The van der Waals surface area contributed by atoms with Crippen molar-refractivity contribution < 1.29 is 14.0 Å². The Labute approximate surface area is 171 Å². The molecule has 2 amide bonds. The molecule has 0 aliphatic heterocycles. The van der Waals surface area contributed by atoms with Crippen LogP contribution in [-0.4, -0.2) is 16.8 Å². The van der Waals surface area contributed by atoms with Crippen LogP contribution < -0.4 is 10.6 Å². The van der Waals surface area contributed by atoms with Crippen LogP contribution in [0, 0.1) is 0 Å². The first-order valence-electron chi connectivity index (χ1n) is 8.89. The molecular weight excluding hydrogens is 386 g/mol. The average Bonchev–Trinajstić information content (AvgIpc) is 3.38. The van der Waals surface area contributed by atoms with Crippen molar-refractivity contribution in [3.63, 3.8) is 0 Å². The van der Waals surface area contributed by atoms with Gasteiger partial charge in [-0.05, 0) is 30.3 Å². The Morgan fingerprint density at radius 2 is 1.69 bits per heavy atom. The number of carbonyl (C=O) groups is 2. The first-order chi connectivity index (χ1) is 14.1. The van der Waals surface area contributed by atoms with Crippen LogP contribution in [0.4, 0.5) is 11.4 Å². The van der Waals surface area contributed by atoms with Crippen LogP contribution in [0.1, 0.15) is 16.6 Å². The van der Waals surface area contributed by atoms with Gasteiger partial charge in [-0.25, -0.2) is 4.98 Å². The van der Waals surface area contributed by atoms with Crippen molar-refractivity contribution in [1.82, 2.24) is 4.98 Å². The summed E-state index contributed by atoms with van der Waals surface area (Å²) in [5, 5.41) is 6.23. The molecule has 0 radical (unpaired) electrons. The highest BCUT2D eigenvalue weighted by atomic mass is 32.1. The third-order valence-electron chi connectivity index (χ3n) is 4.05. The Balaban J connectivity index is 1.68. The van der Waals surface area contributed by atoms with E-state index in [1.165, 1.54) is 18.3 Å². The first-order valence-corrected chi connectivity index (χ1v) is 9.71. The van der Waals surface area contributed by atoms with Gasteiger partial charge in [0.2, 0.25) is 5.91 Å². The van der Waals surface area contributed by atoms with Crippen molar-refractivity contribution in [3.8, 4) is 22.0 Å². The third-order valence-corrected chi connectivity index (χ3v) is 5.12. The van der Waals surface area contributed by atoms with Gasteiger partial charge in [0, 0.05) is 23.9 Å². The standard InChI is InChI=1S/C22H17N3O3S/c1-14(26)23-16-9-5-10-17(13-16)24-21(27)20-19(15-7-3-2-4-8-15)25-22(29-20)18-11-6-12-28-18/h2-13H,1H3,(H,23,26)(H,24,27). The lowest BCUT2D eigenvalue weighted by atomic mass is 10.1. The van der Waals surface area contributed by atoms with Gasteiger partial charge in [-0.3, -0.25) is 9.59 Å². The van der Waals surface area contributed by atoms with Gasteiger partial charge in [-0.1, -0.05) is 36.4 Å². The molecule has 0 spiro atoms. The van der Waals surface area contributed by atoms with Crippen molar-refractivity contribution in [2.75, 3.05) is 10.6 Å². The lowest BCUT2D eigenvalue weighted by Crippen LogP contribution is -2.12. The number of nitrogens with zero attached hydrogens (tertiary/aromatic N) is 1. The normalized spacial score (nSPS) is 10.5. The van der Waals surface area contributed by atoms with Crippen LogP contribution in [0.3, 0.4) is 0 Å². The summed E-state index contributed by atoms with van der Waals surface area (Å²) in [6.07, 6.45) is 1.58. The summed E-state index contributed by atoms with van der Waals surface area (Å²) < 4.78 is 5.45. The number of thiazole rings is 1. The van der Waals surface area contributed by atoms with Crippen molar-refractivity contribution in [1.29, 1.82) is 0 Å². The zero-order valence-electron chi connectivity index (χ0n) is 15.5. The molecule has 2 aromatic carbocycles. The average molecular weight is 403 g/mol. The molecule has 7 heteroatoms. The fourth-order valence-electron chi connectivity index (χ4n) is 2.84. The van der Waals surface area contributed by atoms with Gasteiger partial charge in [0.05, 0.1) is 12.0 Å². The number of furan rings is 1. The monoisotopic (exact) mass is 403 g/mol. The number of nitrogens with one attached hydrogen (secondary N) is 2. The largest absolute Gasteiger partial charge is 0.462 e. The summed E-state index contributed by atoms with van der Waals surface area (Å²) in [5.41, 5.74) is 2.63. The van der Waals surface area contributed by atoms with Gasteiger partial charge < -0.3 is 15.1 Å². The predicted molar refractivity (Wildman–Crippen MR) is 114 cm³/mol. The molecule has 0 saturated heterocycles. The Bertz CT molecular complexity index is 1150. The summed E-state index contributed by atoms with van der Waals surface area (Å²) >= 11 is 1.27. The molecule has 0 aliphatic rings. The topological polar surface area (TPSA) is 84.2 Å². The molecule has 4 aromatic rings. The van der Waals surface area contributed by atoms with Crippen LogP contribution in [0.5, 0.6) is 0 Å². The highest BCUT2D eigenvalue weighted by Crippen LogP contribution is 2.34. The van der Waals surface area contributed by atoms with Crippen molar-refractivity contribution >= 4 is 34.5 Å². The van der Waals surface area contributed by atoms with E-state index in [9.17, 15) is 9.59 Å². The second-order valence-corrected chi connectivity index (χ2v) is 7.26. The van der Waals surface area contributed by atoms with Gasteiger partial charge in [-0.2, -0.15) is 0 Å². The quantitative estimate of drug-likeness (QED) is 0.475. The van der Waals surface area contributed by atoms with E-state index >= 15 is 0 Å². The molecule has 0 aliphatic carbocycles. The molecule has 2 N–H and O–H groups in total. The Morgan fingerprint density at radius 1 is 0.931 bits per heavy atom. The molecule has 0 saturated carbocycles. The molecule has 4 rings (SSSR count). The van der Waals surface area contributed by atoms with Gasteiger partial charge in [-0.15, -0.1) is 11.3 Å². The number of benzene rings is 2. The minimum atomic E-state index is -0.279. The molecule has 2 heterocycles. The van der Waals surface area contributed by atoms with Crippen LogP contribution in [0.15, 0.2) is 77.4 Å². The lowest BCUT2D eigenvalue weighted by Gasteiger charge is -2.08. The van der Waals surface area contributed by atoms with E-state index < -0.39 is 0 Å². The van der Waals surface area contributed by atoms with Crippen LogP contribution in [0.25, 0.3) is 22.0 Å². The highest BCUT2D eigenvalue weighted by Gasteiger charge is 2.21. The van der Waals surface area contributed by atoms with E-state index in [2.05, 4.69) is 15.6 Å². The summed E-state index contributed by atoms with van der Waals surface area (Å²) in [4.78, 5) is 29.5. The number of carbonyl (C=O) groups excluding carboxylic acids is 2. The first kappa shape index (κ1) is 18.6. The summed E-state index contributed by atoms with van der Waals surface area (Å²) in [5.74, 6) is 0.156. The van der Waals surface area contributed by atoms with Crippen LogP contribution >= 0.6 is 11.3 Å². The van der Waals surface area contributed by atoms with Gasteiger partial charge in [0.1, 0.15) is 4.88 Å². The molecule has 6 nitrogen and oxygen atoms in total. The molecular formula is C22H17N3O3S. The Hall–Kier alpha value is -3.71. The minimum absolute atomic E-state index is 0.176. The van der Waals surface area contributed by atoms with Crippen molar-refractivity contribution in [2.45, 2.75) is 6.92 Å². The minimum Gasteiger partial charge on any atom is -0.462 e. The Kier molecular flexibility index (Phi) is 5.22. The van der Waals surface area contributed by atoms with E-state index in [0.29, 0.717) is 32.7 Å². The molecule has 0 atom stereocenters. The predicted octanol–water partition coefficient (Wildman–Crippen LogP) is 5.28. The molecule has 29 heavy (non-hydrogen) atoms. The van der Waals surface area contributed by atoms with Gasteiger partial charge in [0.15, 0.2) is 10.8 Å². The zero-order chi connectivity index (χ0) is 20.2. The summed E-state index contributed by atoms with van der Waals surface area (Å²) in [7, 11) is 0. The molecule has 2 aromatic heterocycles. The zero-order valence-corrected chi connectivity index (χ0v) is 16.3. The van der Waals surface area contributed by atoms with E-state index in [1.807, 2.05) is 36.4 Å². The second kappa shape index (κ2) is 8.12. The van der Waals surface area contributed by atoms with E-state index in [-0.39, 0.29) is 11.8 Å². The smallest absolute Gasteiger partial charge is 0.268 e. The van der Waals surface area contributed by atoms with Gasteiger partial charge >= 0.3 is 0 Å². The van der Waals surface area contributed by atoms with Gasteiger partial charge in [0.25, 0.3) is 5.91 Å². The molecule has 0 unspecified atom stereocenters. The van der Waals surface area contributed by atoms with E-state index in [0.717, 1.165) is 5.56 Å². The molecule has 0 bridgehead atoms. The number of aromatic nitrogens is 1. The van der Waals surface area contributed by atoms with E-state index in [1.54, 1.807) is 36.6 Å². The SMILES string of the molecule is CC(=O)Nc1cccc(NC(=O)c2sc(-c3ccco3)nc2-c2ccccc2)c1. The number of hydrogen-bond donors (Lipinski definition) is 2. The number of amides is 2. The Morgan fingerprint density at radius 3 is 2.38 bits per heavy atom. The molecule has 144 valence electrons. The summed E-state index contributed by atoms with van der Waals surface area (Å²) in [6, 6.07) is 20.1. The maximum absolute atomic E-state index is 13.1. The third kappa shape index (κ3) is 4.25. The number of rotatable bonds is 5. The maximum Gasteiger partial charge on any atom is 0.268 e. The van der Waals surface area contributed by atoms with E-state index in [4.69, 9.17) is 4.42 Å².